The third kappa shape index (κ3) is 5.94. The number of carbonyl (C=O) groups excluding carboxylic acids is 2. The lowest BCUT2D eigenvalue weighted by Crippen LogP contribution is -2.38. The largest absolute Gasteiger partial charge is 0.333 e. The summed E-state index contributed by atoms with van der Waals surface area (Å²) in [5, 5.41) is 12.1. The first-order chi connectivity index (χ1) is 12.0. The molecule has 25 heavy (non-hydrogen) atoms. The average Bonchev–Trinajstić information content (AvgIpc) is 2.59. The van der Waals surface area contributed by atoms with Gasteiger partial charge in [-0.2, -0.15) is 5.26 Å². The summed E-state index contributed by atoms with van der Waals surface area (Å²) < 4.78 is 0. The molecule has 0 saturated heterocycles. The molecule has 0 saturated carbocycles. The van der Waals surface area contributed by atoms with Crippen molar-refractivity contribution < 1.29 is 9.59 Å². The number of benzene rings is 2. The molecule has 2 aromatic rings. The smallest absolute Gasteiger partial charge is 0.243 e. The second kappa shape index (κ2) is 8.86. The second-order valence-electron chi connectivity index (χ2n) is 5.56. The Balaban J connectivity index is 1.92. The Morgan fingerprint density at radius 1 is 1.20 bits per heavy atom. The highest BCUT2D eigenvalue weighted by Crippen LogP contribution is 2.12. The van der Waals surface area contributed by atoms with Crippen LogP contribution in [-0.4, -0.2) is 29.8 Å². The van der Waals surface area contributed by atoms with E-state index in [0.29, 0.717) is 29.2 Å². The van der Waals surface area contributed by atoms with Crippen molar-refractivity contribution in [1.82, 2.24) is 4.90 Å². The normalized spacial score (nSPS) is 9.96. The van der Waals surface area contributed by atoms with Crippen molar-refractivity contribution >= 4 is 29.1 Å². The summed E-state index contributed by atoms with van der Waals surface area (Å²) in [6, 6.07) is 16.0. The van der Waals surface area contributed by atoms with Crippen LogP contribution in [0.2, 0.25) is 5.02 Å². The number of carbonyl (C=O) groups is 2. The molecule has 0 spiro atoms. The molecule has 0 aliphatic carbocycles. The third-order valence-electron chi connectivity index (χ3n) is 3.64. The molecule has 2 rings (SSSR count). The lowest BCUT2D eigenvalue weighted by Gasteiger charge is -2.20. The number of anilines is 1. The number of halogens is 1. The van der Waals surface area contributed by atoms with Crippen molar-refractivity contribution in [3.05, 3.63) is 64.7 Å². The molecule has 0 aliphatic rings. The molecule has 0 radical (unpaired) electrons. The van der Waals surface area contributed by atoms with Crippen LogP contribution in [0.5, 0.6) is 0 Å². The highest BCUT2D eigenvalue weighted by atomic mass is 35.5. The quantitative estimate of drug-likeness (QED) is 0.864. The minimum atomic E-state index is -0.286. The average molecular weight is 356 g/mol. The molecule has 0 aliphatic heterocycles. The van der Waals surface area contributed by atoms with Gasteiger partial charge in [-0.15, -0.1) is 0 Å². The Hall–Kier alpha value is -2.84. The minimum Gasteiger partial charge on any atom is -0.333 e. The van der Waals surface area contributed by atoms with E-state index in [2.05, 4.69) is 5.32 Å². The molecule has 128 valence electrons. The van der Waals surface area contributed by atoms with E-state index >= 15 is 0 Å². The number of nitrogens with zero attached hydrogens (tertiary/aromatic N) is 2. The Morgan fingerprint density at radius 2 is 1.92 bits per heavy atom. The van der Waals surface area contributed by atoms with Crippen molar-refractivity contribution in [1.29, 1.82) is 5.26 Å². The van der Waals surface area contributed by atoms with Gasteiger partial charge in [0.2, 0.25) is 11.8 Å². The van der Waals surface area contributed by atoms with Gasteiger partial charge in [0.25, 0.3) is 0 Å². The Morgan fingerprint density at radius 3 is 2.52 bits per heavy atom. The number of hydrogen-bond acceptors (Lipinski definition) is 3. The van der Waals surface area contributed by atoms with Crippen molar-refractivity contribution in [2.75, 3.05) is 18.4 Å². The molecule has 0 heterocycles. The third-order valence-corrected chi connectivity index (χ3v) is 3.87. The maximum absolute atomic E-state index is 12.2. The topological polar surface area (TPSA) is 73.2 Å². The van der Waals surface area contributed by atoms with Gasteiger partial charge in [0, 0.05) is 24.2 Å². The van der Waals surface area contributed by atoms with Gasteiger partial charge >= 0.3 is 0 Å². The van der Waals surface area contributed by atoms with Crippen molar-refractivity contribution in [3.63, 3.8) is 0 Å². The van der Waals surface area contributed by atoms with Crippen LogP contribution in [0.15, 0.2) is 48.5 Å². The zero-order valence-electron chi connectivity index (χ0n) is 13.8. The van der Waals surface area contributed by atoms with Crippen molar-refractivity contribution in [3.8, 4) is 6.07 Å². The van der Waals surface area contributed by atoms with E-state index in [4.69, 9.17) is 16.9 Å². The fourth-order valence-corrected chi connectivity index (χ4v) is 2.52. The number of nitriles is 1. The monoisotopic (exact) mass is 355 g/mol. The van der Waals surface area contributed by atoms with Gasteiger partial charge in [-0.05, 0) is 48.4 Å². The maximum atomic E-state index is 12.2. The van der Waals surface area contributed by atoms with Gasteiger partial charge in [-0.3, -0.25) is 9.59 Å². The fourth-order valence-electron chi connectivity index (χ4n) is 2.31. The summed E-state index contributed by atoms with van der Waals surface area (Å²) >= 11 is 5.95. The molecule has 0 unspecified atom stereocenters. The van der Waals surface area contributed by atoms with Crippen LogP contribution in [0, 0.1) is 11.3 Å². The van der Waals surface area contributed by atoms with E-state index in [1.165, 1.54) is 11.8 Å². The van der Waals surface area contributed by atoms with Gasteiger partial charge in [0.05, 0.1) is 18.2 Å². The first-order valence-electron chi connectivity index (χ1n) is 7.78. The lowest BCUT2D eigenvalue weighted by molar-refractivity contribution is -0.132. The van der Waals surface area contributed by atoms with Gasteiger partial charge < -0.3 is 10.2 Å². The molecule has 0 atom stereocenters. The molecular formula is C19H18ClN3O2. The number of amides is 2. The number of nitrogens with one attached hydrogen (secondary N) is 1. The molecular weight excluding hydrogens is 338 g/mol. The second-order valence-corrected chi connectivity index (χ2v) is 5.99. The summed E-state index contributed by atoms with van der Waals surface area (Å²) in [5.74, 6) is -0.456. The zero-order valence-corrected chi connectivity index (χ0v) is 14.6. The first kappa shape index (κ1) is 18.5. The molecule has 0 bridgehead atoms. The Kier molecular flexibility index (Phi) is 6.55. The van der Waals surface area contributed by atoms with Gasteiger partial charge in [0.1, 0.15) is 0 Å². The maximum Gasteiger partial charge on any atom is 0.243 e. The van der Waals surface area contributed by atoms with Gasteiger partial charge in [-0.25, -0.2) is 0 Å². The Bertz CT molecular complexity index is 797. The van der Waals surface area contributed by atoms with E-state index in [9.17, 15) is 9.59 Å². The molecule has 0 aromatic heterocycles. The molecule has 1 N–H and O–H groups in total. The highest BCUT2D eigenvalue weighted by Gasteiger charge is 2.14. The molecule has 2 aromatic carbocycles. The minimum absolute atomic E-state index is 0.0318. The summed E-state index contributed by atoms with van der Waals surface area (Å²) in [5.41, 5.74) is 2.11. The Labute approximate surface area is 151 Å². The number of hydrogen-bond donors (Lipinski definition) is 1. The van der Waals surface area contributed by atoms with Crippen LogP contribution in [0.25, 0.3) is 0 Å². The van der Waals surface area contributed by atoms with Gasteiger partial charge in [-0.1, -0.05) is 23.7 Å². The summed E-state index contributed by atoms with van der Waals surface area (Å²) in [7, 11) is 0. The van der Waals surface area contributed by atoms with Crippen LogP contribution in [0.4, 0.5) is 5.69 Å². The van der Waals surface area contributed by atoms with E-state index in [-0.39, 0.29) is 18.4 Å². The lowest BCUT2D eigenvalue weighted by atomic mass is 10.1. The van der Waals surface area contributed by atoms with Crippen LogP contribution < -0.4 is 5.32 Å². The van der Waals surface area contributed by atoms with Crippen molar-refractivity contribution in [2.24, 2.45) is 0 Å². The van der Waals surface area contributed by atoms with Crippen LogP contribution >= 0.6 is 11.6 Å². The van der Waals surface area contributed by atoms with E-state index < -0.39 is 0 Å². The number of rotatable bonds is 6. The van der Waals surface area contributed by atoms with Crippen LogP contribution in [0.3, 0.4) is 0 Å². The highest BCUT2D eigenvalue weighted by molar-refractivity contribution is 6.30. The molecule has 5 nitrogen and oxygen atoms in total. The SMILES string of the molecule is CC(=O)N(CCc1cccc(Cl)c1)CC(=O)Nc1ccc(C#N)cc1. The van der Waals surface area contributed by atoms with Crippen molar-refractivity contribution in [2.45, 2.75) is 13.3 Å². The fraction of sp³-hybridized carbons (Fsp3) is 0.211. The van der Waals surface area contributed by atoms with E-state index in [0.717, 1.165) is 5.56 Å². The predicted molar refractivity (Wildman–Crippen MR) is 97.2 cm³/mol. The summed E-state index contributed by atoms with van der Waals surface area (Å²) in [6.07, 6.45) is 0.615. The van der Waals surface area contributed by atoms with E-state index in [1.807, 2.05) is 24.3 Å². The van der Waals surface area contributed by atoms with Gasteiger partial charge in [0.15, 0.2) is 0 Å². The molecule has 6 heteroatoms. The zero-order chi connectivity index (χ0) is 18.2. The van der Waals surface area contributed by atoms with Crippen LogP contribution in [-0.2, 0) is 16.0 Å². The summed E-state index contributed by atoms with van der Waals surface area (Å²) in [6.45, 7) is 1.83. The summed E-state index contributed by atoms with van der Waals surface area (Å²) in [4.78, 5) is 25.4. The first-order valence-corrected chi connectivity index (χ1v) is 8.15. The molecule has 0 fully saturated rings. The standard InChI is InChI=1S/C19H18ClN3O2/c1-14(24)23(10-9-15-3-2-4-17(20)11-15)13-19(25)22-18-7-5-16(12-21)6-8-18/h2-8,11H,9-10,13H2,1H3,(H,22,25). The molecule has 2 amide bonds. The van der Waals surface area contributed by atoms with Crippen LogP contribution in [0.1, 0.15) is 18.1 Å². The predicted octanol–water partition coefficient (Wildman–Crippen LogP) is 3.24. The van der Waals surface area contributed by atoms with E-state index in [1.54, 1.807) is 30.3 Å².